The van der Waals surface area contributed by atoms with Crippen LogP contribution in [0.2, 0.25) is 0 Å². The van der Waals surface area contributed by atoms with Crippen molar-refractivity contribution in [3.63, 3.8) is 0 Å². The van der Waals surface area contributed by atoms with Crippen molar-refractivity contribution in [2.45, 2.75) is 57.8 Å². The van der Waals surface area contributed by atoms with Gasteiger partial charge < -0.3 is 10.2 Å². The minimum atomic E-state index is 0.412. The van der Waals surface area contributed by atoms with E-state index in [1.165, 1.54) is 38.5 Å². The van der Waals surface area contributed by atoms with Crippen LogP contribution < -0.4 is 5.73 Å². The van der Waals surface area contributed by atoms with Gasteiger partial charge >= 0.3 is 0 Å². The van der Waals surface area contributed by atoms with Crippen LogP contribution in [-0.2, 0) is 6.42 Å². The van der Waals surface area contributed by atoms with Crippen molar-refractivity contribution < 1.29 is 4.42 Å². The lowest BCUT2D eigenvalue weighted by Crippen LogP contribution is -2.48. The quantitative estimate of drug-likeness (QED) is 0.917. The highest BCUT2D eigenvalue weighted by molar-refractivity contribution is 5.09. The lowest BCUT2D eigenvalue weighted by molar-refractivity contribution is -0.0695. The molecule has 1 atom stereocenters. The molecule has 4 aliphatic rings. The fourth-order valence-electron chi connectivity index (χ4n) is 5.64. The number of hydrogen-bond acceptors (Lipinski definition) is 4. The predicted molar refractivity (Wildman–Crippen MR) is 76.1 cm³/mol. The number of nitrogens with two attached hydrogens (primary N) is 1. The van der Waals surface area contributed by atoms with Crippen LogP contribution in [0.25, 0.3) is 0 Å². The summed E-state index contributed by atoms with van der Waals surface area (Å²) in [5, 5.41) is 8.48. The van der Waals surface area contributed by atoms with Gasteiger partial charge in [0, 0.05) is 18.9 Å². The Labute approximate surface area is 120 Å². The molecule has 20 heavy (non-hydrogen) atoms. The van der Waals surface area contributed by atoms with Gasteiger partial charge in [-0.1, -0.05) is 6.92 Å². The van der Waals surface area contributed by atoms with E-state index < -0.39 is 0 Å². The maximum atomic E-state index is 5.87. The van der Waals surface area contributed by atoms with Gasteiger partial charge in [0.25, 0.3) is 0 Å². The molecule has 4 aliphatic carbocycles. The zero-order valence-corrected chi connectivity index (χ0v) is 12.3. The van der Waals surface area contributed by atoms with Crippen molar-refractivity contribution in [2.24, 2.45) is 28.9 Å². The molecule has 0 saturated heterocycles. The maximum absolute atomic E-state index is 5.87. The van der Waals surface area contributed by atoms with Gasteiger partial charge in [-0.15, -0.1) is 10.2 Å². The molecule has 4 bridgehead atoms. The van der Waals surface area contributed by atoms with Gasteiger partial charge in [-0.2, -0.15) is 0 Å². The van der Waals surface area contributed by atoms with E-state index in [-0.39, 0.29) is 0 Å². The first-order chi connectivity index (χ1) is 9.68. The lowest BCUT2D eigenvalue weighted by Gasteiger charge is -2.58. The highest BCUT2D eigenvalue weighted by atomic mass is 16.4. The number of nitrogens with zero attached hydrogens (tertiary/aromatic N) is 2. The summed E-state index contributed by atoms with van der Waals surface area (Å²) in [4.78, 5) is 0. The highest BCUT2D eigenvalue weighted by Crippen LogP contribution is 2.64. The molecular formula is C16H25N3O. The van der Waals surface area contributed by atoms with Gasteiger partial charge in [0.15, 0.2) is 0 Å². The van der Waals surface area contributed by atoms with E-state index in [0.717, 1.165) is 23.6 Å². The normalized spacial score (nSPS) is 40.2. The average molecular weight is 275 g/mol. The van der Waals surface area contributed by atoms with Crippen LogP contribution in [0.1, 0.15) is 63.1 Å². The predicted octanol–water partition coefficient (Wildman–Crippen LogP) is 2.89. The molecule has 1 aromatic heterocycles. The SMILES string of the molecule is CC(c1nnc(CCN)o1)C12CC3CC(CC(C3)C1)C2. The number of aromatic nitrogens is 2. The van der Waals surface area contributed by atoms with Crippen molar-refractivity contribution in [3.8, 4) is 0 Å². The third-order valence-electron chi connectivity index (χ3n) is 6.22. The van der Waals surface area contributed by atoms with Crippen LogP contribution in [-0.4, -0.2) is 16.7 Å². The topological polar surface area (TPSA) is 64.9 Å². The van der Waals surface area contributed by atoms with E-state index >= 15 is 0 Å². The minimum Gasteiger partial charge on any atom is -0.425 e. The standard InChI is InChI=1S/C16H25N3O/c1-10(15-19-18-14(20-15)2-3-17)16-7-11-4-12(8-16)6-13(5-11)9-16/h10-13H,2-9,17H2,1H3. The molecule has 1 unspecified atom stereocenters. The first kappa shape index (κ1) is 12.8. The van der Waals surface area contributed by atoms with Crippen LogP contribution in [0.3, 0.4) is 0 Å². The zero-order valence-electron chi connectivity index (χ0n) is 12.3. The van der Waals surface area contributed by atoms with E-state index in [2.05, 4.69) is 17.1 Å². The fraction of sp³-hybridized carbons (Fsp3) is 0.875. The Hall–Kier alpha value is -0.900. The van der Waals surface area contributed by atoms with Gasteiger partial charge in [-0.05, 0) is 61.7 Å². The van der Waals surface area contributed by atoms with Gasteiger partial charge in [0.2, 0.25) is 11.8 Å². The fourth-order valence-corrected chi connectivity index (χ4v) is 5.64. The molecule has 0 aromatic carbocycles. The Kier molecular flexibility index (Phi) is 2.92. The van der Waals surface area contributed by atoms with E-state index in [4.69, 9.17) is 10.2 Å². The summed E-state index contributed by atoms with van der Waals surface area (Å²) in [7, 11) is 0. The molecule has 2 N–H and O–H groups in total. The second-order valence-electron chi connectivity index (χ2n) is 7.57. The Morgan fingerprint density at radius 1 is 1.15 bits per heavy atom. The lowest BCUT2D eigenvalue weighted by atomic mass is 9.46. The average Bonchev–Trinajstić information content (AvgIpc) is 2.85. The summed E-state index contributed by atoms with van der Waals surface area (Å²) in [6, 6.07) is 0. The summed E-state index contributed by atoms with van der Waals surface area (Å²) in [6.07, 6.45) is 9.29. The Morgan fingerprint density at radius 3 is 2.30 bits per heavy atom. The van der Waals surface area contributed by atoms with Crippen LogP contribution >= 0.6 is 0 Å². The van der Waals surface area contributed by atoms with Crippen molar-refractivity contribution in [1.82, 2.24) is 10.2 Å². The van der Waals surface area contributed by atoms with E-state index in [1.807, 2.05) is 0 Å². The highest BCUT2D eigenvalue weighted by Gasteiger charge is 2.54. The Morgan fingerprint density at radius 2 is 1.75 bits per heavy atom. The van der Waals surface area contributed by atoms with Gasteiger partial charge in [-0.3, -0.25) is 0 Å². The zero-order chi connectivity index (χ0) is 13.7. The van der Waals surface area contributed by atoms with E-state index in [0.29, 0.717) is 30.2 Å². The smallest absolute Gasteiger partial charge is 0.219 e. The molecular weight excluding hydrogens is 250 g/mol. The minimum absolute atomic E-state index is 0.412. The number of hydrogen-bond donors (Lipinski definition) is 1. The Balaban J connectivity index is 1.59. The summed E-state index contributed by atoms with van der Waals surface area (Å²) >= 11 is 0. The third-order valence-corrected chi connectivity index (χ3v) is 6.22. The van der Waals surface area contributed by atoms with Crippen molar-refractivity contribution in [1.29, 1.82) is 0 Å². The second-order valence-corrected chi connectivity index (χ2v) is 7.57. The molecule has 5 rings (SSSR count). The van der Waals surface area contributed by atoms with Gasteiger partial charge in [-0.25, -0.2) is 0 Å². The first-order valence-electron chi connectivity index (χ1n) is 8.21. The van der Waals surface area contributed by atoms with Crippen molar-refractivity contribution >= 4 is 0 Å². The molecule has 1 heterocycles. The molecule has 4 nitrogen and oxygen atoms in total. The van der Waals surface area contributed by atoms with E-state index in [1.54, 1.807) is 0 Å². The first-order valence-corrected chi connectivity index (χ1v) is 8.21. The van der Waals surface area contributed by atoms with Crippen LogP contribution in [0.15, 0.2) is 4.42 Å². The number of rotatable bonds is 4. The Bertz CT molecular complexity index is 460. The third kappa shape index (κ3) is 1.92. The monoisotopic (exact) mass is 275 g/mol. The van der Waals surface area contributed by atoms with Crippen LogP contribution in [0.4, 0.5) is 0 Å². The molecule has 0 radical (unpaired) electrons. The summed E-state index contributed by atoms with van der Waals surface area (Å²) < 4.78 is 5.87. The van der Waals surface area contributed by atoms with Gasteiger partial charge in [0.1, 0.15) is 0 Å². The molecule has 0 amide bonds. The van der Waals surface area contributed by atoms with Crippen molar-refractivity contribution in [3.05, 3.63) is 11.8 Å². The van der Waals surface area contributed by atoms with Crippen LogP contribution in [0, 0.1) is 23.2 Å². The molecule has 4 heteroatoms. The molecule has 0 aliphatic heterocycles. The molecule has 4 saturated carbocycles. The molecule has 4 fully saturated rings. The van der Waals surface area contributed by atoms with Crippen molar-refractivity contribution in [2.75, 3.05) is 6.54 Å². The molecule has 110 valence electrons. The summed E-state index contributed by atoms with van der Waals surface area (Å²) in [5.74, 6) is 4.88. The summed E-state index contributed by atoms with van der Waals surface area (Å²) in [6.45, 7) is 2.89. The molecule has 0 spiro atoms. The largest absolute Gasteiger partial charge is 0.425 e. The van der Waals surface area contributed by atoms with Gasteiger partial charge in [0.05, 0.1) is 0 Å². The van der Waals surface area contributed by atoms with E-state index in [9.17, 15) is 0 Å². The maximum Gasteiger partial charge on any atom is 0.219 e. The summed E-state index contributed by atoms with van der Waals surface area (Å²) in [5.41, 5.74) is 6.01. The van der Waals surface area contributed by atoms with Crippen LogP contribution in [0.5, 0.6) is 0 Å². The molecule has 1 aromatic rings. The second kappa shape index (κ2) is 4.55.